The molecular weight excluding hydrogens is 512 g/mol. The lowest BCUT2D eigenvalue weighted by atomic mass is 10.0. The molecule has 0 atom stereocenters. The van der Waals surface area contributed by atoms with Crippen molar-refractivity contribution in [2.24, 2.45) is 0 Å². The molecule has 0 saturated carbocycles. The summed E-state index contributed by atoms with van der Waals surface area (Å²) in [4.78, 5) is 19.6. The van der Waals surface area contributed by atoms with Crippen molar-refractivity contribution in [2.45, 2.75) is 38.1 Å². The summed E-state index contributed by atoms with van der Waals surface area (Å²) >= 11 is 6.02. The van der Waals surface area contributed by atoms with E-state index in [0.717, 1.165) is 104 Å². The highest BCUT2D eigenvalue weighted by atomic mass is 35.5. The molecule has 2 fully saturated rings. The number of furan rings is 1. The summed E-state index contributed by atoms with van der Waals surface area (Å²) in [5.41, 5.74) is 2.97. The smallest absolute Gasteiger partial charge is 0.234 e. The van der Waals surface area contributed by atoms with E-state index in [-0.39, 0.29) is 5.91 Å². The van der Waals surface area contributed by atoms with Crippen LogP contribution in [0.2, 0.25) is 5.02 Å². The van der Waals surface area contributed by atoms with Crippen molar-refractivity contribution >= 4 is 28.5 Å². The van der Waals surface area contributed by atoms with Crippen LogP contribution in [0.4, 0.5) is 0 Å². The number of hydrogen-bond acceptors (Lipinski definition) is 6. The van der Waals surface area contributed by atoms with Crippen LogP contribution >= 0.6 is 11.6 Å². The lowest BCUT2D eigenvalue weighted by Gasteiger charge is -2.35. The number of carbonyl (C=O) groups is 1. The second-order valence-corrected chi connectivity index (χ2v) is 11.4. The molecule has 2 aliphatic heterocycles. The molecule has 3 aromatic rings. The van der Waals surface area contributed by atoms with Crippen molar-refractivity contribution in [3.8, 4) is 16.9 Å². The van der Waals surface area contributed by atoms with Crippen LogP contribution in [0.3, 0.4) is 0 Å². The van der Waals surface area contributed by atoms with E-state index in [2.05, 4.69) is 33.1 Å². The SMILES string of the molecule is CN1CCC(NC(=O)CN2CCN(CCCCCOc3ccc4c(-c5ccc(Cl)cc5)coc4c3)CC2)CC1. The first-order valence-corrected chi connectivity index (χ1v) is 14.7. The molecule has 0 unspecified atom stereocenters. The minimum atomic E-state index is 0.186. The first-order chi connectivity index (χ1) is 19.0. The maximum absolute atomic E-state index is 12.5. The molecule has 1 aromatic heterocycles. The largest absolute Gasteiger partial charge is 0.493 e. The fourth-order valence-electron chi connectivity index (χ4n) is 5.56. The molecule has 8 heteroatoms. The van der Waals surface area contributed by atoms with E-state index >= 15 is 0 Å². The number of rotatable bonds is 11. The lowest BCUT2D eigenvalue weighted by Crippen LogP contribution is -2.51. The van der Waals surface area contributed by atoms with Crippen LogP contribution in [0.1, 0.15) is 32.1 Å². The molecule has 0 spiro atoms. The molecule has 210 valence electrons. The second-order valence-electron chi connectivity index (χ2n) is 11.0. The monoisotopic (exact) mass is 552 g/mol. The summed E-state index contributed by atoms with van der Waals surface area (Å²) in [5.74, 6) is 1.03. The van der Waals surface area contributed by atoms with Gasteiger partial charge in [0.1, 0.15) is 11.3 Å². The number of piperazine rings is 1. The predicted octanol–water partition coefficient (Wildman–Crippen LogP) is 5.13. The normalized spacial score (nSPS) is 18.0. The Morgan fingerprint density at radius 1 is 0.974 bits per heavy atom. The topological polar surface area (TPSA) is 61.2 Å². The number of halogens is 1. The van der Waals surface area contributed by atoms with Gasteiger partial charge in [-0.2, -0.15) is 0 Å². The number of hydrogen-bond donors (Lipinski definition) is 1. The fraction of sp³-hybridized carbons (Fsp3) is 0.516. The van der Waals surface area contributed by atoms with Gasteiger partial charge in [-0.15, -0.1) is 0 Å². The highest BCUT2D eigenvalue weighted by Crippen LogP contribution is 2.33. The van der Waals surface area contributed by atoms with Gasteiger partial charge in [0.15, 0.2) is 0 Å². The molecule has 2 saturated heterocycles. The standard InChI is InChI=1S/C31H41ClN4O3/c1-34-14-11-26(12-15-34)33-31(37)22-36-18-16-35(17-19-36)13-3-2-4-20-38-27-9-10-28-29(23-39-30(28)21-27)24-5-7-25(32)8-6-24/h5-10,21,23,26H,2-4,11-20,22H2,1H3,(H,33,37). The average molecular weight is 553 g/mol. The van der Waals surface area contributed by atoms with Gasteiger partial charge >= 0.3 is 0 Å². The van der Waals surface area contributed by atoms with E-state index in [4.69, 9.17) is 20.8 Å². The molecule has 1 N–H and O–H groups in total. The molecule has 5 rings (SSSR count). The van der Waals surface area contributed by atoms with E-state index in [1.165, 1.54) is 6.42 Å². The first-order valence-electron chi connectivity index (χ1n) is 14.4. The molecule has 7 nitrogen and oxygen atoms in total. The van der Waals surface area contributed by atoms with Crippen molar-refractivity contribution in [3.05, 3.63) is 53.8 Å². The summed E-state index contributed by atoms with van der Waals surface area (Å²) in [6, 6.07) is 14.2. The number of likely N-dealkylation sites (tertiary alicyclic amines) is 1. The Hall–Kier alpha value is -2.58. The Bertz CT molecular complexity index is 1200. The van der Waals surface area contributed by atoms with Crippen LogP contribution in [0.15, 0.2) is 53.1 Å². The number of ether oxygens (including phenoxy) is 1. The van der Waals surface area contributed by atoms with E-state index in [9.17, 15) is 4.79 Å². The van der Waals surface area contributed by atoms with Crippen LogP contribution in [-0.2, 0) is 4.79 Å². The summed E-state index contributed by atoms with van der Waals surface area (Å²) in [6.45, 7) is 8.52. The predicted molar refractivity (Wildman–Crippen MR) is 158 cm³/mol. The van der Waals surface area contributed by atoms with Crippen LogP contribution in [0.5, 0.6) is 5.75 Å². The summed E-state index contributed by atoms with van der Waals surface area (Å²) in [6.07, 6.45) is 7.26. The van der Waals surface area contributed by atoms with Crippen molar-refractivity contribution in [1.82, 2.24) is 20.0 Å². The molecule has 2 aliphatic rings. The van der Waals surface area contributed by atoms with Crippen molar-refractivity contribution < 1.29 is 13.9 Å². The quantitative estimate of drug-likeness (QED) is 0.333. The number of carbonyl (C=O) groups excluding carboxylic acids is 1. The van der Waals surface area contributed by atoms with Crippen LogP contribution < -0.4 is 10.1 Å². The Balaban J connectivity index is 0.944. The number of fused-ring (bicyclic) bond motifs is 1. The minimum Gasteiger partial charge on any atom is -0.493 e. The van der Waals surface area contributed by atoms with Gasteiger partial charge in [-0.3, -0.25) is 9.69 Å². The molecule has 1 amide bonds. The Kier molecular flexibility index (Phi) is 9.80. The van der Waals surface area contributed by atoms with Gasteiger partial charge in [0, 0.05) is 54.3 Å². The summed E-state index contributed by atoms with van der Waals surface area (Å²) < 4.78 is 11.8. The minimum absolute atomic E-state index is 0.186. The van der Waals surface area contributed by atoms with Gasteiger partial charge in [0.2, 0.25) is 5.91 Å². The zero-order valence-corrected chi connectivity index (χ0v) is 23.8. The van der Waals surface area contributed by atoms with E-state index in [1.807, 2.05) is 36.4 Å². The molecule has 0 bridgehead atoms. The molecular formula is C31H41ClN4O3. The fourth-order valence-corrected chi connectivity index (χ4v) is 5.68. The van der Waals surface area contributed by atoms with Crippen molar-refractivity contribution in [1.29, 1.82) is 0 Å². The van der Waals surface area contributed by atoms with Crippen LogP contribution in [0.25, 0.3) is 22.1 Å². The van der Waals surface area contributed by atoms with Gasteiger partial charge in [0.05, 0.1) is 19.4 Å². The molecule has 0 radical (unpaired) electrons. The number of amides is 1. The second kappa shape index (κ2) is 13.7. The number of nitrogens with one attached hydrogen (secondary N) is 1. The van der Waals surface area contributed by atoms with E-state index in [1.54, 1.807) is 6.26 Å². The zero-order chi connectivity index (χ0) is 27.0. The molecule has 2 aromatic carbocycles. The van der Waals surface area contributed by atoms with Gasteiger partial charge in [0.25, 0.3) is 0 Å². The van der Waals surface area contributed by atoms with E-state index in [0.29, 0.717) is 19.2 Å². The van der Waals surface area contributed by atoms with Crippen LogP contribution in [-0.4, -0.2) is 92.7 Å². The molecule has 39 heavy (non-hydrogen) atoms. The molecule has 0 aliphatic carbocycles. The maximum Gasteiger partial charge on any atom is 0.234 e. The number of benzene rings is 2. The Labute approximate surface area is 237 Å². The Morgan fingerprint density at radius 2 is 1.72 bits per heavy atom. The zero-order valence-electron chi connectivity index (χ0n) is 23.0. The van der Waals surface area contributed by atoms with Crippen molar-refractivity contribution in [3.63, 3.8) is 0 Å². The maximum atomic E-state index is 12.5. The highest BCUT2D eigenvalue weighted by molar-refractivity contribution is 6.30. The van der Waals surface area contributed by atoms with Gasteiger partial charge in [-0.25, -0.2) is 0 Å². The number of piperidine rings is 1. The average Bonchev–Trinajstić information content (AvgIpc) is 3.36. The third-order valence-electron chi connectivity index (χ3n) is 8.01. The third kappa shape index (κ3) is 7.98. The summed E-state index contributed by atoms with van der Waals surface area (Å²) in [5, 5.41) is 5.04. The van der Waals surface area contributed by atoms with Crippen LogP contribution in [0, 0.1) is 0 Å². The molecule has 3 heterocycles. The van der Waals surface area contributed by atoms with Crippen molar-refractivity contribution in [2.75, 3.05) is 66.0 Å². The lowest BCUT2D eigenvalue weighted by molar-refractivity contribution is -0.123. The third-order valence-corrected chi connectivity index (χ3v) is 8.26. The summed E-state index contributed by atoms with van der Waals surface area (Å²) in [7, 11) is 2.15. The number of nitrogens with zero attached hydrogens (tertiary/aromatic N) is 3. The highest BCUT2D eigenvalue weighted by Gasteiger charge is 2.22. The Morgan fingerprint density at radius 3 is 2.49 bits per heavy atom. The van der Waals surface area contributed by atoms with Gasteiger partial charge in [-0.1, -0.05) is 23.7 Å². The van der Waals surface area contributed by atoms with Gasteiger partial charge in [-0.05, 0) is 88.6 Å². The first kappa shape index (κ1) is 28.0. The van der Waals surface area contributed by atoms with Gasteiger partial charge < -0.3 is 24.3 Å². The van der Waals surface area contributed by atoms with E-state index < -0.39 is 0 Å². The number of unbranched alkanes of at least 4 members (excludes halogenated alkanes) is 2.